The second-order valence-corrected chi connectivity index (χ2v) is 10.9. The van der Waals surface area contributed by atoms with Crippen LogP contribution >= 0.6 is 0 Å². The molecule has 2 aromatic carbocycles. The number of nitriles is 1. The van der Waals surface area contributed by atoms with E-state index in [1.165, 1.54) is 34.7 Å². The molecule has 1 unspecified atom stereocenters. The van der Waals surface area contributed by atoms with Gasteiger partial charge in [0, 0.05) is 29.7 Å². The Morgan fingerprint density at radius 2 is 1.95 bits per heavy atom. The maximum Gasteiger partial charge on any atom is 0.416 e. The zero-order chi connectivity index (χ0) is 29.4. The molecular weight excluding hydrogens is 551 g/mol. The number of benzene rings is 2. The zero-order valence-electron chi connectivity index (χ0n) is 21.7. The Morgan fingerprint density at radius 3 is 2.55 bits per heavy atom. The Kier molecular flexibility index (Phi) is 7.59. The van der Waals surface area contributed by atoms with E-state index in [0.717, 1.165) is 25.5 Å². The highest BCUT2D eigenvalue weighted by Gasteiger charge is 2.39. The molecule has 0 spiro atoms. The Labute approximate surface area is 227 Å². The molecule has 0 saturated heterocycles. The van der Waals surface area contributed by atoms with Gasteiger partial charge in [-0.2, -0.15) is 23.4 Å². The summed E-state index contributed by atoms with van der Waals surface area (Å²) in [5.41, 5.74) is 0.138. The van der Waals surface area contributed by atoms with Crippen LogP contribution < -0.4 is 15.5 Å². The molecule has 0 bridgehead atoms. The predicted molar refractivity (Wildman–Crippen MR) is 138 cm³/mol. The Balaban J connectivity index is 2.02. The molecule has 1 aliphatic heterocycles. The maximum atomic E-state index is 13.5. The molecule has 2 heterocycles. The Morgan fingerprint density at radius 1 is 1.23 bits per heavy atom. The van der Waals surface area contributed by atoms with Crippen molar-refractivity contribution in [1.29, 1.82) is 5.26 Å². The summed E-state index contributed by atoms with van der Waals surface area (Å²) in [5.74, 6) is -0.338. The number of allylic oxidation sites excluding steroid dienone is 2. The number of halogens is 3. The Hall–Kier alpha value is -4.42. The van der Waals surface area contributed by atoms with Crippen molar-refractivity contribution in [2.24, 2.45) is 0 Å². The third-order valence-corrected chi connectivity index (χ3v) is 7.31. The van der Waals surface area contributed by atoms with E-state index >= 15 is 0 Å². The lowest BCUT2D eigenvalue weighted by atomic mass is 9.95. The largest absolute Gasteiger partial charge is 0.453 e. The van der Waals surface area contributed by atoms with Crippen molar-refractivity contribution >= 4 is 33.5 Å². The highest BCUT2D eigenvalue weighted by Crippen LogP contribution is 2.44. The van der Waals surface area contributed by atoms with Crippen molar-refractivity contribution in [3.63, 3.8) is 0 Å². The zero-order valence-corrected chi connectivity index (χ0v) is 22.6. The van der Waals surface area contributed by atoms with Gasteiger partial charge in [0.15, 0.2) is 9.84 Å². The number of carbonyl (C=O) groups excluding carboxylic acids is 1. The summed E-state index contributed by atoms with van der Waals surface area (Å²) >= 11 is 0. The number of nitrogens with one attached hydrogen (secondary N) is 2. The van der Waals surface area contributed by atoms with Gasteiger partial charge in [-0.25, -0.2) is 17.9 Å². The molecule has 0 radical (unpaired) electrons. The third-order valence-electron chi connectivity index (χ3n) is 6.16. The van der Waals surface area contributed by atoms with Crippen molar-refractivity contribution in [2.45, 2.75) is 30.6 Å². The van der Waals surface area contributed by atoms with Crippen LogP contribution in [0.1, 0.15) is 29.7 Å². The number of fused-ring (bicyclic) bond motifs is 1. The molecule has 1 atom stereocenters. The molecule has 1 amide bonds. The molecule has 210 valence electrons. The second-order valence-electron chi connectivity index (χ2n) is 8.87. The highest BCUT2D eigenvalue weighted by molar-refractivity contribution is 7.90. The van der Waals surface area contributed by atoms with Crippen LogP contribution in [0.3, 0.4) is 0 Å². The van der Waals surface area contributed by atoms with Crippen molar-refractivity contribution in [2.75, 3.05) is 30.6 Å². The van der Waals surface area contributed by atoms with Gasteiger partial charge in [0.25, 0.3) is 5.95 Å². The number of aromatic nitrogens is 3. The summed E-state index contributed by atoms with van der Waals surface area (Å²) in [6.07, 6.45) is -4.53. The summed E-state index contributed by atoms with van der Waals surface area (Å²) in [4.78, 5) is 17.4. The molecule has 0 saturated carbocycles. The molecule has 0 aliphatic carbocycles. The molecule has 40 heavy (non-hydrogen) atoms. The van der Waals surface area contributed by atoms with Crippen LogP contribution in [0.5, 0.6) is 0 Å². The van der Waals surface area contributed by atoms with Gasteiger partial charge in [0.1, 0.15) is 6.04 Å². The average Bonchev–Trinajstić information content (AvgIpc) is 3.29. The summed E-state index contributed by atoms with van der Waals surface area (Å²) in [7, 11) is -1.01. The van der Waals surface area contributed by atoms with Crippen LogP contribution in [-0.4, -0.2) is 49.7 Å². The minimum Gasteiger partial charge on any atom is -0.453 e. The molecule has 15 heteroatoms. The summed E-state index contributed by atoms with van der Waals surface area (Å²) in [6.45, 7) is 1.88. The van der Waals surface area contributed by atoms with Crippen LogP contribution in [-0.2, 0) is 27.3 Å². The first-order valence-corrected chi connectivity index (χ1v) is 13.6. The molecule has 1 aromatic heterocycles. The van der Waals surface area contributed by atoms with Crippen molar-refractivity contribution in [3.05, 3.63) is 70.4 Å². The number of hydrogen-bond donors (Lipinski definition) is 2. The Bertz CT molecular complexity index is 1660. The fraction of sp³-hybridized carbons (Fsp3) is 0.280. The van der Waals surface area contributed by atoms with E-state index in [4.69, 9.17) is 0 Å². The number of alkyl halides is 3. The fourth-order valence-corrected chi connectivity index (χ4v) is 5.40. The van der Waals surface area contributed by atoms with Gasteiger partial charge in [-0.1, -0.05) is 18.2 Å². The van der Waals surface area contributed by atoms with Gasteiger partial charge >= 0.3 is 12.3 Å². The maximum absolute atomic E-state index is 13.5. The predicted octanol–water partition coefficient (Wildman–Crippen LogP) is 4.14. The van der Waals surface area contributed by atoms with Crippen molar-refractivity contribution in [1.82, 2.24) is 20.1 Å². The standard InChI is InChI=1S/C25H24F3N7O4S/c1-14-19(12-29)21(18-9-8-15(13-30-2)10-20(18)40(4,37)38)35-23(31-22(33-35)32-24(36)39-3)34(14)17-7-5-6-16(11-17)25(26,27)28/h5-11,21,30H,13H2,1-4H3,(H,32,33,36). The number of sulfone groups is 1. The minimum absolute atomic E-state index is 0.00527. The number of rotatable bonds is 6. The lowest BCUT2D eigenvalue weighted by molar-refractivity contribution is -0.137. The van der Waals surface area contributed by atoms with Crippen molar-refractivity contribution < 1.29 is 31.1 Å². The number of nitrogens with zero attached hydrogens (tertiary/aromatic N) is 5. The van der Waals surface area contributed by atoms with Gasteiger partial charge in [0.05, 0.1) is 29.2 Å². The van der Waals surface area contributed by atoms with E-state index < -0.39 is 33.7 Å². The molecule has 4 rings (SSSR count). The molecule has 2 N–H and O–H groups in total. The monoisotopic (exact) mass is 575 g/mol. The average molecular weight is 576 g/mol. The second kappa shape index (κ2) is 10.6. The van der Waals surface area contributed by atoms with Gasteiger partial charge in [0.2, 0.25) is 5.95 Å². The number of carbonyl (C=O) groups is 1. The minimum atomic E-state index is -4.64. The summed E-state index contributed by atoms with van der Waals surface area (Å²) in [5, 5.41) is 19.8. The summed E-state index contributed by atoms with van der Waals surface area (Å²) < 4.78 is 72.2. The fourth-order valence-electron chi connectivity index (χ4n) is 4.43. The highest BCUT2D eigenvalue weighted by atomic mass is 32.2. The first kappa shape index (κ1) is 28.6. The van der Waals surface area contributed by atoms with Crippen molar-refractivity contribution in [3.8, 4) is 6.07 Å². The molecule has 11 nitrogen and oxygen atoms in total. The number of methoxy groups -OCH3 is 1. The third kappa shape index (κ3) is 5.36. The van der Waals surface area contributed by atoms with E-state index in [0.29, 0.717) is 12.1 Å². The molecular formula is C25H24F3N7O4S. The number of anilines is 3. The van der Waals surface area contributed by atoms with Gasteiger partial charge in [-0.05, 0) is 43.8 Å². The molecule has 0 fully saturated rings. The van der Waals surface area contributed by atoms with E-state index in [9.17, 15) is 31.6 Å². The van der Waals surface area contributed by atoms with Crippen LogP contribution in [0.25, 0.3) is 0 Å². The summed E-state index contributed by atoms with van der Waals surface area (Å²) in [6, 6.07) is 10.1. The number of hydrogen-bond acceptors (Lipinski definition) is 9. The molecule has 1 aliphatic rings. The van der Waals surface area contributed by atoms with Crippen LogP contribution in [0.15, 0.2) is 58.6 Å². The van der Waals surface area contributed by atoms with E-state index in [1.54, 1.807) is 19.2 Å². The molecule has 3 aromatic rings. The quantitative estimate of drug-likeness (QED) is 0.443. The van der Waals surface area contributed by atoms with Crippen LogP contribution in [0.2, 0.25) is 0 Å². The van der Waals surface area contributed by atoms with Gasteiger partial charge < -0.3 is 10.1 Å². The first-order chi connectivity index (χ1) is 18.8. The SMILES string of the molecule is CNCc1ccc(C2C(C#N)=C(C)N(c3cccc(C(F)(F)F)c3)c3nc(NC(=O)OC)nn32)c(S(C)(=O)=O)c1. The number of ether oxygens (including phenoxy) is 1. The van der Waals surface area contributed by atoms with Gasteiger partial charge in [-0.3, -0.25) is 10.2 Å². The lowest BCUT2D eigenvalue weighted by Gasteiger charge is -2.34. The van der Waals surface area contributed by atoms with Crippen LogP contribution in [0, 0.1) is 11.3 Å². The lowest BCUT2D eigenvalue weighted by Crippen LogP contribution is -2.31. The topological polar surface area (TPSA) is 142 Å². The van der Waals surface area contributed by atoms with E-state index in [-0.39, 0.29) is 39.3 Å². The van der Waals surface area contributed by atoms with E-state index in [1.807, 2.05) is 0 Å². The van der Waals surface area contributed by atoms with Gasteiger partial charge in [-0.15, -0.1) is 5.10 Å². The first-order valence-electron chi connectivity index (χ1n) is 11.7. The number of amides is 1. The van der Waals surface area contributed by atoms with Crippen LogP contribution in [0.4, 0.5) is 35.5 Å². The van der Waals surface area contributed by atoms with E-state index in [2.05, 4.69) is 31.5 Å². The normalized spacial score (nSPS) is 15.4. The smallest absolute Gasteiger partial charge is 0.416 e.